The number of sulfone groups is 1. The molecule has 0 unspecified atom stereocenters. The maximum absolute atomic E-state index is 12.3. The predicted octanol–water partition coefficient (Wildman–Crippen LogP) is 2.51. The van der Waals surface area contributed by atoms with Crippen LogP contribution in [-0.4, -0.2) is 63.8 Å². The lowest BCUT2D eigenvalue weighted by Gasteiger charge is -2.30. The van der Waals surface area contributed by atoms with Crippen molar-refractivity contribution in [2.24, 2.45) is 4.99 Å². The molecule has 1 rings (SSSR count). The fourth-order valence-electron chi connectivity index (χ4n) is 2.70. The highest BCUT2D eigenvalue weighted by Crippen LogP contribution is 2.15. The van der Waals surface area contributed by atoms with Crippen molar-refractivity contribution in [3.05, 3.63) is 28.7 Å². The average molecular weight is 447 g/mol. The van der Waals surface area contributed by atoms with Crippen LogP contribution >= 0.6 is 15.9 Å². The van der Waals surface area contributed by atoms with E-state index < -0.39 is 9.84 Å². The highest BCUT2D eigenvalue weighted by molar-refractivity contribution is 9.10. The van der Waals surface area contributed by atoms with E-state index >= 15 is 0 Å². The van der Waals surface area contributed by atoms with Crippen LogP contribution in [0.4, 0.5) is 0 Å². The fourth-order valence-corrected chi connectivity index (χ4v) is 4.12. The van der Waals surface area contributed by atoms with E-state index in [1.54, 1.807) is 31.3 Å². The molecular formula is C18H31BrN4O2S. The molecule has 2 N–H and O–H groups in total. The number of guanidine groups is 1. The molecule has 0 saturated carbocycles. The van der Waals surface area contributed by atoms with Crippen LogP contribution in [0.15, 0.2) is 38.6 Å². The van der Waals surface area contributed by atoms with E-state index in [4.69, 9.17) is 0 Å². The van der Waals surface area contributed by atoms with Crippen molar-refractivity contribution in [3.8, 4) is 0 Å². The first-order chi connectivity index (χ1) is 12.2. The molecule has 26 heavy (non-hydrogen) atoms. The summed E-state index contributed by atoms with van der Waals surface area (Å²) in [5.74, 6) is 0.628. The van der Waals surface area contributed by atoms with Crippen LogP contribution in [0.5, 0.6) is 0 Å². The number of halogens is 1. The van der Waals surface area contributed by atoms with Gasteiger partial charge in [0, 0.05) is 43.2 Å². The minimum absolute atomic E-state index is 0.0133. The zero-order chi connectivity index (χ0) is 19.7. The van der Waals surface area contributed by atoms with E-state index in [1.165, 1.54) is 0 Å². The molecule has 0 aliphatic heterocycles. The Balaban J connectivity index is 2.46. The molecule has 0 aromatic heterocycles. The molecule has 0 atom stereocenters. The van der Waals surface area contributed by atoms with Crippen LogP contribution in [0.1, 0.15) is 27.7 Å². The molecule has 0 radical (unpaired) electrons. The largest absolute Gasteiger partial charge is 0.355 e. The summed E-state index contributed by atoms with van der Waals surface area (Å²) in [6, 6.07) is 7.63. The van der Waals surface area contributed by atoms with Crippen LogP contribution in [0.25, 0.3) is 0 Å². The Morgan fingerprint density at radius 1 is 1.08 bits per heavy atom. The quantitative estimate of drug-likeness (QED) is 0.450. The minimum Gasteiger partial charge on any atom is -0.355 e. The number of hydrogen-bond donors (Lipinski definition) is 2. The van der Waals surface area contributed by atoms with Gasteiger partial charge < -0.3 is 10.6 Å². The van der Waals surface area contributed by atoms with Gasteiger partial charge in [0.1, 0.15) is 0 Å². The Morgan fingerprint density at radius 2 is 1.62 bits per heavy atom. The molecule has 0 heterocycles. The van der Waals surface area contributed by atoms with Gasteiger partial charge in [-0.2, -0.15) is 0 Å². The van der Waals surface area contributed by atoms with E-state index in [-0.39, 0.29) is 5.75 Å². The second-order valence-corrected chi connectivity index (χ2v) is 9.65. The monoisotopic (exact) mass is 446 g/mol. The molecule has 6 nitrogen and oxygen atoms in total. The molecule has 1 aromatic carbocycles. The van der Waals surface area contributed by atoms with E-state index in [9.17, 15) is 8.42 Å². The lowest BCUT2D eigenvalue weighted by atomic mass is 10.2. The molecule has 0 saturated heterocycles. The molecule has 0 amide bonds. The Morgan fingerprint density at radius 3 is 2.12 bits per heavy atom. The van der Waals surface area contributed by atoms with Crippen molar-refractivity contribution >= 4 is 31.7 Å². The van der Waals surface area contributed by atoms with E-state index in [0.717, 1.165) is 17.6 Å². The topological polar surface area (TPSA) is 73.8 Å². The molecule has 0 bridgehead atoms. The van der Waals surface area contributed by atoms with Gasteiger partial charge in [-0.15, -0.1) is 0 Å². The summed E-state index contributed by atoms with van der Waals surface area (Å²) in [4.78, 5) is 6.87. The van der Waals surface area contributed by atoms with Gasteiger partial charge >= 0.3 is 0 Å². The fraction of sp³-hybridized carbons (Fsp3) is 0.611. The van der Waals surface area contributed by atoms with E-state index in [2.05, 4.69) is 64.2 Å². The van der Waals surface area contributed by atoms with Crippen molar-refractivity contribution < 1.29 is 8.42 Å². The summed E-state index contributed by atoms with van der Waals surface area (Å²) < 4.78 is 25.5. The number of benzene rings is 1. The van der Waals surface area contributed by atoms with Gasteiger partial charge in [0.05, 0.1) is 10.6 Å². The molecule has 8 heteroatoms. The Bertz CT molecular complexity index is 665. The first-order valence-electron chi connectivity index (χ1n) is 8.86. The van der Waals surface area contributed by atoms with Crippen LogP contribution in [0.3, 0.4) is 0 Å². The predicted molar refractivity (Wildman–Crippen MR) is 113 cm³/mol. The van der Waals surface area contributed by atoms with Gasteiger partial charge in [-0.05, 0) is 52.0 Å². The molecule has 1 aromatic rings. The Labute approximate surface area is 166 Å². The van der Waals surface area contributed by atoms with E-state index in [0.29, 0.717) is 29.5 Å². The summed E-state index contributed by atoms with van der Waals surface area (Å²) in [6.45, 7) is 10.7. The standard InChI is InChI=1S/C18H31BrN4O2S/c1-14(2)23(15(3)4)12-10-21-18(20-5)22-11-13-26(24,25)17-8-6-16(19)7-9-17/h6-9,14-15H,10-13H2,1-5H3,(H2,20,21,22). The maximum Gasteiger partial charge on any atom is 0.191 e. The summed E-state index contributed by atoms with van der Waals surface area (Å²) in [5.41, 5.74) is 0. The van der Waals surface area contributed by atoms with Crippen LogP contribution in [0.2, 0.25) is 0 Å². The van der Waals surface area contributed by atoms with Gasteiger partial charge in [0.25, 0.3) is 0 Å². The van der Waals surface area contributed by atoms with Crippen LogP contribution in [-0.2, 0) is 9.84 Å². The summed E-state index contributed by atoms with van der Waals surface area (Å²) in [6.07, 6.45) is 0. The highest BCUT2D eigenvalue weighted by Gasteiger charge is 2.15. The van der Waals surface area contributed by atoms with Gasteiger partial charge in [-0.1, -0.05) is 15.9 Å². The summed E-state index contributed by atoms with van der Waals surface area (Å²) >= 11 is 3.31. The zero-order valence-electron chi connectivity index (χ0n) is 16.3. The normalized spacial score (nSPS) is 12.9. The highest BCUT2D eigenvalue weighted by atomic mass is 79.9. The Kier molecular flexibility index (Phi) is 9.60. The third kappa shape index (κ3) is 7.63. The van der Waals surface area contributed by atoms with Crippen molar-refractivity contribution in [1.82, 2.24) is 15.5 Å². The second-order valence-electron chi connectivity index (χ2n) is 6.62. The lowest BCUT2D eigenvalue weighted by molar-refractivity contribution is 0.178. The number of aliphatic imine (C=N–C) groups is 1. The molecular weight excluding hydrogens is 416 g/mol. The second kappa shape index (κ2) is 10.9. The molecule has 0 aliphatic carbocycles. The molecule has 0 spiro atoms. The lowest BCUT2D eigenvalue weighted by Crippen LogP contribution is -2.46. The first kappa shape index (κ1) is 22.9. The van der Waals surface area contributed by atoms with Gasteiger partial charge in [-0.25, -0.2) is 8.42 Å². The SMILES string of the molecule is CN=C(NCCN(C(C)C)C(C)C)NCCS(=O)(=O)c1ccc(Br)cc1. The van der Waals surface area contributed by atoms with Crippen LogP contribution in [0, 0.1) is 0 Å². The maximum atomic E-state index is 12.3. The third-order valence-corrected chi connectivity index (χ3v) is 6.31. The summed E-state index contributed by atoms with van der Waals surface area (Å²) in [7, 11) is -1.63. The van der Waals surface area contributed by atoms with Crippen molar-refractivity contribution in [2.45, 2.75) is 44.7 Å². The number of nitrogens with zero attached hydrogens (tertiary/aromatic N) is 2. The van der Waals surface area contributed by atoms with Gasteiger partial charge in [0.15, 0.2) is 15.8 Å². The van der Waals surface area contributed by atoms with E-state index in [1.807, 2.05) is 0 Å². The zero-order valence-corrected chi connectivity index (χ0v) is 18.7. The van der Waals surface area contributed by atoms with Crippen LogP contribution < -0.4 is 10.6 Å². The minimum atomic E-state index is -3.31. The van der Waals surface area contributed by atoms with Crippen molar-refractivity contribution in [2.75, 3.05) is 32.4 Å². The molecule has 148 valence electrons. The molecule has 0 aliphatic rings. The third-order valence-electron chi connectivity index (χ3n) is 4.05. The summed E-state index contributed by atoms with van der Waals surface area (Å²) in [5, 5.41) is 6.31. The Hall–Kier alpha value is -1.12. The average Bonchev–Trinajstić information content (AvgIpc) is 2.56. The number of nitrogens with one attached hydrogen (secondary N) is 2. The first-order valence-corrected chi connectivity index (χ1v) is 11.3. The smallest absolute Gasteiger partial charge is 0.191 e. The van der Waals surface area contributed by atoms with Crippen molar-refractivity contribution in [3.63, 3.8) is 0 Å². The number of rotatable bonds is 9. The van der Waals surface area contributed by atoms with Gasteiger partial charge in [0.2, 0.25) is 0 Å². The number of hydrogen-bond acceptors (Lipinski definition) is 4. The molecule has 0 fully saturated rings. The van der Waals surface area contributed by atoms with Crippen molar-refractivity contribution in [1.29, 1.82) is 0 Å². The van der Waals surface area contributed by atoms with Gasteiger partial charge in [-0.3, -0.25) is 9.89 Å².